The number of carbonyl (C=O) groups excluding carboxylic acids is 1. The maximum Gasteiger partial charge on any atom is 0.223 e. The minimum absolute atomic E-state index is 0.153. The quantitative estimate of drug-likeness (QED) is 0.754. The number of thioether (sulfide) groups is 1. The summed E-state index contributed by atoms with van der Waals surface area (Å²) in [6.07, 6.45) is 3.09. The number of aliphatic hydroxyl groups is 1. The Morgan fingerprint density at radius 2 is 2.43 bits per heavy atom. The van der Waals surface area contributed by atoms with Crippen molar-refractivity contribution in [3.05, 3.63) is 0 Å². The van der Waals surface area contributed by atoms with Gasteiger partial charge in [-0.05, 0) is 18.6 Å². The Bertz CT molecular complexity index is 216. The van der Waals surface area contributed by atoms with Crippen molar-refractivity contribution in [1.29, 1.82) is 0 Å². The zero-order valence-electron chi connectivity index (χ0n) is 8.32. The van der Waals surface area contributed by atoms with E-state index >= 15 is 0 Å². The van der Waals surface area contributed by atoms with Gasteiger partial charge >= 0.3 is 0 Å². The Morgan fingerprint density at radius 3 is 3.00 bits per heavy atom. The van der Waals surface area contributed by atoms with Crippen LogP contribution in [0.5, 0.6) is 0 Å². The van der Waals surface area contributed by atoms with Crippen LogP contribution in [0.3, 0.4) is 0 Å². The van der Waals surface area contributed by atoms with E-state index in [0.717, 1.165) is 13.1 Å². The van der Waals surface area contributed by atoms with Crippen molar-refractivity contribution in [3.63, 3.8) is 0 Å². The molecule has 2 unspecified atom stereocenters. The Balaban J connectivity index is 1.82. The highest BCUT2D eigenvalue weighted by Gasteiger charge is 2.31. The Morgan fingerprint density at radius 1 is 1.57 bits per heavy atom. The molecule has 0 aromatic heterocycles. The first kappa shape index (κ1) is 10.3. The minimum Gasteiger partial charge on any atom is -0.396 e. The molecule has 1 N–H and O–H groups in total. The molecule has 2 saturated heterocycles. The fraction of sp³-hybridized carbons (Fsp3) is 0.900. The van der Waals surface area contributed by atoms with Gasteiger partial charge in [0.2, 0.25) is 5.91 Å². The average molecular weight is 215 g/mol. The zero-order chi connectivity index (χ0) is 9.97. The van der Waals surface area contributed by atoms with Gasteiger partial charge in [0.25, 0.3) is 0 Å². The molecular weight excluding hydrogens is 198 g/mol. The second-order valence-electron chi connectivity index (χ2n) is 4.19. The van der Waals surface area contributed by atoms with Crippen LogP contribution in [0.15, 0.2) is 0 Å². The molecule has 0 aromatic rings. The number of amides is 1. The first-order chi connectivity index (χ1) is 6.79. The third-order valence-electron chi connectivity index (χ3n) is 3.00. The van der Waals surface area contributed by atoms with Gasteiger partial charge < -0.3 is 10.0 Å². The summed E-state index contributed by atoms with van der Waals surface area (Å²) < 4.78 is 0. The molecule has 0 spiro atoms. The second-order valence-corrected chi connectivity index (χ2v) is 5.59. The van der Waals surface area contributed by atoms with Gasteiger partial charge in [0, 0.05) is 37.3 Å². The minimum atomic E-state index is 0.153. The summed E-state index contributed by atoms with van der Waals surface area (Å²) in [5.74, 6) is 1.67. The van der Waals surface area contributed by atoms with E-state index in [4.69, 9.17) is 5.11 Å². The van der Waals surface area contributed by atoms with Crippen LogP contribution >= 0.6 is 11.8 Å². The number of aliphatic hydroxyl groups excluding tert-OH is 1. The molecule has 0 aromatic carbocycles. The smallest absolute Gasteiger partial charge is 0.223 e. The zero-order valence-corrected chi connectivity index (χ0v) is 9.13. The van der Waals surface area contributed by atoms with Gasteiger partial charge in [0.1, 0.15) is 0 Å². The lowest BCUT2D eigenvalue weighted by molar-refractivity contribution is -0.127. The fourth-order valence-electron chi connectivity index (χ4n) is 2.19. The molecule has 0 radical (unpaired) electrons. The number of nitrogens with zero attached hydrogens (tertiary/aromatic N) is 1. The van der Waals surface area contributed by atoms with Crippen LogP contribution in [0.4, 0.5) is 0 Å². The number of hydrogen-bond donors (Lipinski definition) is 1. The molecule has 2 aliphatic heterocycles. The molecule has 4 heteroatoms. The maximum absolute atomic E-state index is 11.5. The molecule has 0 bridgehead atoms. The highest BCUT2D eigenvalue weighted by molar-refractivity contribution is 8.00. The van der Waals surface area contributed by atoms with Crippen molar-refractivity contribution in [2.24, 2.45) is 5.92 Å². The lowest BCUT2D eigenvalue weighted by Crippen LogP contribution is -2.31. The normalized spacial score (nSPS) is 32.9. The summed E-state index contributed by atoms with van der Waals surface area (Å²) in [5.41, 5.74) is 0. The molecule has 1 amide bonds. The summed E-state index contributed by atoms with van der Waals surface area (Å²) in [6, 6.07) is 0. The lowest BCUT2D eigenvalue weighted by Gasteiger charge is -2.19. The van der Waals surface area contributed by atoms with Crippen LogP contribution < -0.4 is 0 Å². The molecule has 2 heterocycles. The largest absolute Gasteiger partial charge is 0.396 e. The predicted octanol–water partition coefficient (Wildman–Crippen LogP) is 0.723. The van der Waals surface area contributed by atoms with Crippen LogP contribution in [0.2, 0.25) is 0 Å². The first-order valence-electron chi connectivity index (χ1n) is 5.30. The van der Waals surface area contributed by atoms with Gasteiger partial charge in [-0.25, -0.2) is 0 Å². The summed E-state index contributed by atoms with van der Waals surface area (Å²) in [4.78, 5) is 13.5. The van der Waals surface area contributed by atoms with E-state index in [-0.39, 0.29) is 18.4 Å². The van der Waals surface area contributed by atoms with Gasteiger partial charge in [-0.2, -0.15) is 11.8 Å². The SMILES string of the molecule is O=C1CC(CO)CN1CC1CCCS1. The van der Waals surface area contributed by atoms with Crippen LogP contribution in [-0.4, -0.2) is 46.6 Å². The van der Waals surface area contributed by atoms with E-state index in [0.29, 0.717) is 11.7 Å². The summed E-state index contributed by atoms with van der Waals surface area (Å²) in [5, 5.41) is 9.63. The topological polar surface area (TPSA) is 40.5 Å². The Hall–Kier alpha value is -0.220. The van der Waals surface area contributed by atoms with E-state index in [1.165, 1.54) is 18.6 Å². The van der Waals surface area contributed by atoms with Gasteiger partial charge in [0.15, 0.2) is 0 Å². The van der Waals surface area contributed by atoms with Crippen molar-refractivity contribution in [2.75, 3.05) is 25.4 Å². The number of hydrogen-bond acceptors (Lipinski definition) is 3. The van der Waals surface area contributed by atoms with Gasteiger partial charge in [-0.15, -0.1) is 0 Å². The van der Waals surface area contributed by atoms with Crippen molar-refractivity contribution in [1.82, 2.24) is 4.90 Å². The molecular formula is C10H17NO2S. The highest BCUT2D eigenvalue weighted by atomic mass is 32.2. The molecule has 0 saturated carbocycles. The number of rotatable bonds is 3. The Kier molecular flexibility index (Phi) is 3.34. The van der Waals surface area contributed by atoms with Crippen LogP contribution in [-0.2, 0) is 4.79 Å². The van der Waals surface area contributed by atoms with Crippen molar-refractivity contribution in [3.8, 4) is 0 Å². The lowest BCUT2D eigenvalue weighted by atomic mass is 10.1. The monoisotopic (exact) mass is 215 g/mol. The average Bonchev–Trinajstić information content (AvgIpc) is 2.78. The third kappa shape index (κ3) is 2.23. The van der Waals surface area contributed by atoms with Gasteiger partial charge in [-0.3, -0.25) is 4.79 Å². The number of carbonyl (C=O) groups is 1. The molecule has 80 valence electrons. The molecule has 2 rings (SSSR count). The van der Waals surface area contributed by atoms with E-state index in [9.17, 15) is 4.79 Å². The highest BCUT2D eigenvalue weighted by Crippen LogP contribution is 2.28. The van der Waals surface area contributed by atoms with E-state index in [2.05, 4.69) is 0 Å². The molecule has 14 heavy (non-hydrogen) atoms. The van der Waals surface area contributed by atoms with E-state index < -0.39 is 0 Å². The molecule has 2 aliphatic rings. The molecule has 3 nitrogen and oxygen atoms in total. The van der Waals surface area contributed by atoms with Gasteiger partial charge in [0.05, 0.1) is 0 Å². The van der Waals surface area contributed by atoms with Crippen molar-refractivity contribution >= 4 is 17.7 Å². The molecule has 2 atom stereocenters. The van der Waals surface area contributed by atoms with E-state index in [1.807, 2.05) is 16.7 Å². The first-order valence-corrected chi connectivity index (χ1v) is 6.34. The fourth-order valence-corrected chi connectivity index (χ4v) is 3.47. The molecule has 0 aliphatic carbocycles. The van der Waals surface area contributed by atoms with Crippen molar-refractivity contribution in [2.45, 2.75) is 24.5 Å². The summed E-state index contributed by atoms with van der Waals surface area (Å²) >= 11 is 1.98. The maximum atomic E-state index is 11.5. The van der Waals surface area contributed by atoms with Gasteiger partial charge in [-0.1, -0.05) is 0 Å². The third-order valence-corrected chi connectivity index (χ3v) is 4.38. The Labute approximate surface area is 88.9 Å². The molecule has 2 fully saturated rings. The predicted molar refractivity (Wildman–Crippen MR) is 57.3 cm³/mol. The van der Waals surface area contributed by atoms with E-state index in [1.54, 1.807) is 0 Å². The standard InChI is InChI=1S/C10H17NO2S/c12-7-8-4-10(13)11(5-8)6-9-2-1-3-14-9/h8-9,12H,1-7H2. The van der Waals surface area contributed by atoms with Crippen LogP contribution in [0, 0.1) is 5.92 Å². The van der Waals surface area contributed by atoms with Crippen LogP contribution in [0.25, 0.3) is 0 Å². The second kappa shape index (κ2) is 4.53. The summed E-state index contributed by atoms with van der Waals surface area (Å²) in [7, 11) is 0. The number of likely N-dealkylation sites (tertiary alicyclic amines) is 1. The van der Waals surface area contributed by atoms with Crippen molar-refractivity contribution < 1.29 is 9.90 Å². The van der Waals surface area contributed by atoms with Crippen LogP contribution in [0.1, 0.15) is 19.3 Å². The summed E-state index contributed by atoms with van der Waals surface area (Å²) in [6.45, 7) is 1.83.